The second-order valence-electron chi connectivity index (χ2n) is 7.44. The minimum atomic E-state index is -1.08. The molecule has 1 aliphatic carbocycles. The number of carbonyl (C=O) groups excluding carboxylic acids is 5. The fraction of sp³-hybridized carbons (Fsp3) is 0.476. The van der Waals surface area contributed by atoms with Crippen LogP contribution >= 0.6 is 0 Å². The molecule has 160 valence electrons. The van der Waals surface area contributed by atoms with Crippen LogP contribution in [-0.2, 0) is 28.7 Å². The van der Waals surface area contributed by atoms with Crippen molar-refractivity contribution in [2.45, 2.75) is 38.6 Å². The van der Waals surface area contributed by atoms with Gasteiger partial charge in [0.2, 0.25) is 11.8 Å². The van der Waals surface area contributed by atoms with Crippen molar-refractivity contribution in [1.29, 1.82) is 0 Å². The Kier molecular flexibility index (Phi) is 6.49. The number of likely N-dealkylation sites (tertiary alicyclic amines) is 1. The van der Waals surface area contributed by atoms with E-state index in [1.807, 2.05) is 0 Å². The maximum Gasteiger partial charge on any atom is 0.337 e. The second kappa shape index (κ2) is 9.06. The Morgan fingerprint density at radius 3 is 2.17 bits per heavy atom. The summed E-state index contributed by atoms with van der Waals surface area (Å²) in [6.45, 7) is 0.865. The SMILES string of the molecule is COC(=O)c1ccc(NC(=O)COC(=O)[C@H](C)N2C(=O)[C@@H]3CCCC[C@H]3C2=O)cc1. The average molecular weight is 416 g/mol. The number of hydrogen-bond acceptors (Lipinski definition) is 7. The zero-order valence-corrected chi connectivity index (χ0v) is 16.9. The fourth-order valence-corrected chi connectivity index (χ4v) is 3.94. The number of imide groups is 1. The molecule has 0 aromatic heterocycles. The van der Waals surface area contributed by atoms with E-state index in [4.69, 9.17) is 4.74 Å². The van der Waals surface area contributed by atoms with E-state index in [1.165, 1.54) is 38.3 Å². The molecule has 1 N–H and O–H groups in total. The second-order valence-corrected chi connectivity index (χ2v) is 7.44. The lowest BCUT2D eigenvalue weighted by atomic mass is 9.81. The highest BCUT2D eigenvalue weighted by Crippen LogP contribution is 2.38. The number of hydrogen-bond donors (Lipinski definition) is 1. The molecule has 2 aliphatic rings. The molecule has 2 fully saturated rings. The van der Waals surface area contributed by atoms with Crippen LogP contribution in [0.1, 0.15) is 43.0 Å². The van der Waals surface area contributed by atoms with Crippen molar-refractivity contribution < 1.29 is 33.4 Å². The van der Waals surface area contributed by atoms with E-state index in [1.54, 1.807) is 0 Å². The Morgan fingerprint density at radius 2 is 1.63 bits per heavy atom. The molecule has 1 saturated heterocycles. The van der Waals surface area contributed by atoms with Crippen LogP contribution < -0.4 is 5.32 Å². The monoisotopic (exact) mass is 416 g/mol. The number of carbonyl (C=O) groups is 5. The number of anilines is 1. The van der Waals surface area contributed by atoms with Gasteiger partial charge in [0.15, 0.2) is 6.61 Å². The van der Waals surface area contributed by atoms with Crippen LogP contribution in [0.2, 0.25) is 0 Å². The van der Waals surface area contributed by atoms with Crippen LogP contribution in [0.25, 0.3) is 0 Å². The number of rotatable bonds is 6. The number of ether oxygens (including phenoxy) is 2. The lowest BCUT2D eigenvalue weighted by Gasteiger charge is -2.21. The molecule has 9 heteroatoms. The maximum absolute atomic E-state index is 12.6. The van der Waals surface area contributed by atoms with E-state index >= 15 is 0 Å². The minimum absolute atomic E-state index is 0.329. The van der Waals surface area contributed by atoms with Gasteiger partial charge in [-0.2, -0.15) is 0 Å². The van der Waals surface area contributed by atoms with Gasteiger partial charge in [0.1, 0.15) is 6.04 Å². The molecule has 30 heavy (non-hydrogen) atoms. The van der Waals surface area contributed by atoms with E-state index in [-0.39, 0.29) is 23.7 Å². The van der Waals surface area contributed by atoms with Crippen LogP contribution in [-0.4, -0.2) is 54.3 Å². The van der Waals surface area contributed by atoms with E-state index in [0.717, 1.165) is 17.7 Å². The molecular weight excluding hydrogens is 392 g/mol. The highest BCUT2D eigenvalue weighted by atomic mass is 16.5. The van der Waals surface area contributed by atoms with Crippen molar-refractivity contribution in [1.82, 2.24) is 4.90 Å². The molecule has 1 aromatic rings. The van der Waals surface area contributed by atoms with E-state index in [9.17, 15) is 24.0 Å². The number of nitrogens with one attached hydrogen (secondary N) is 1. The summed E-state index contributed by atoms with van der Waals surface area (Å²) in [5.41, 5.74) is 0.738. The van der Waals surface area contributed by atoms with Gasteiger partial charge in [-0.3, -0.25) is 19.3 Å². The summed E-state index contributed by atoms with van der Waals surface area (Å²) in [4.78, 5) is 61.9. The molecule has 0 bridgehead atoms. The van der Waals surface area contributed by atoms with E-state index < -0.39 is 30.5 Å². The van der Waals surface area contributed by atoms with Crippen molar-refractivity contribution in [2.24, 2.45) is 11.8 Å². The normalized spacial score (nSPS) is 21.6. The predicted molar refractivity (Wildman–Crippen MR) is 104 cm³/mol. The third-order valence-electron chi connectivity index (χ3n) is 5.54. The standard InChI is InChI=1S/C21H24N2O7/c1-12(23-18(25)15-5-3-4-6-16(15)19(23)26)20(27)30-11-17(24)22-14-9-7-13(8-10-14)21(28)29-2/h7-10,12,15-16H,3-6,11H2,1-2H3,(H,22,24)/t12-,15+,16+/m0/s1. The summed E-state index contributed by atoms with van der Waals surface area (Å²) in [7, 11) is 1.27. The molecule has 1 saturated carbocycles. The van der Waals surface area contributed by atoms with Gasteiger partial charge in [0, 0.05) is 5.69 Å². The zero-order chi connectivity index (χ0) is 21.8. The first-order valence-corrected chi connectivity index (χ1v) is 9.85. The molecule has 0 spiro atoms. The predicted octanol–water partition coefficient (Wildman–Crippen LogP) is 1.52. The van der Waals surface area contributed by atoms with Crippen molar-refractivity contribution in [3.63, 3.8) is 0 Å². The van der Waals surface area contributed by atoms with Crippen LogP contribution in [0.15, 0.2) is 24.3 Å². The van der Waals surface area contributed by atoms with Crippen molar-refractivity contribution in [2.75, 3.05) is 19.0 Å². The molecule has 1 aromatic carbocycles. The van der Waals surface area contributed by atoms with Gasteiger partial charge in [0.05, 0.1) is 24.5 Å². The summed E-state index contributed by atoms with van der Waals surface area (Å²) in [6, 6.07) is 4.91. The Morgan fingerprint density at radius 1 is 1.07 bits per heavy atom. The number of benzene rings is 1. The highest BCUT2D eigenvalue weighted by Gasteiger charge is 2.51. The van der Waals surface area contributed by atoms with Gasteiger partial charge in [-0.15, -0.1) is 0 Å². The summed E-state index contributed by atoms with van der Waals surface area (Å²) in [5.74, 6) is -3.26. The Bertz CT molecular complexity index is 841. The Balaban J connectivity index is 1.52. The van der Waals surface area contributed by atoms with E-state index in [0.29, 0.717) is 24.1 Å². The molecular formula is C21H24N2O7. The number of fused-ring (bicyclic) bond motifs is 1. The zero-order valence-electron chi connectivity index (χ0n) is 16.9. The third-order valence-corrected chi connectivity index (χ3v) is 5.54. The van der Waals surface area contributed by atoms with Gasteiger partial charge in [0.25, 0.3) is 5.91 Å². The van der Waals surface area contributed by atoms with Crippen LogP contribution in [0.3, 0.4) is 0 Å². The molecule has 0 radical (unpaired) electrons. The minimum Gasteiger partial charge on any atom is -0.465 e. The first kappa shape index (κ1) is 21.5. The molecule has 3 rings (SSSR count). The van der Waals surface area contributed by atoms with Gasteiger partial charge >= 0.3 is 11.9 Å². The first-order chi connectivity index (χ1) is 14.3. The van der Waals surface area contributed by atoms with Crippen molar-refractivity contribution in [3.8, 4) is 0 Å². The third kappa shape index (κ3) is 4.34. The molecule has 1 aliphatic heterocycles. The number of amides is 3. The number of nitrogens with zero attached hydrogens (tertiary/aromatic N) is 1. The molecule has 9 nitrogen and oxygen atoms in total. The van der Waals surface area contributed by atoms with Gasteiger partial charge < -0.3 is 14.8 Å². The molecule has 3 atom stereocenters. The Hall–Kier alpha value is -3.23. The van der Waals surface area contributed by atoms with Gasteiger partial charge in [-0.1, -0.05) is 12.8 Å². The van der Waals surface area contributed by atoms with Crippen LogP contribution in [0.5, 0.6) is 0 Å². The van der Waals surface area contributed by atoms with Gasteiger partial charge in [-0.05, 0) is 44.0 Å². The van der Waals surface area contributed by atoms with Gasteiger partial charge in [-0.25, -0.2) is 9.59 Å². The fourth-order valence-electron chi connectivity index (χ4n) is 3.94. The number of esters is 2. The summed E-state index contributed by atoms with van der Waals surface area (Å²) >= 11 is 0. The van der Waals surface area contributed by atoms with E-state index in [2.05, 4.69) is 10.1 Å². The van der Waals surface area contributed by atoms with Crippen LogP contribution in [0, 0.1) is 11.8 Å². The highest BCUT2D eigenvalue weighted by molar-refractivity contribution is 6.08. The topological polar surface area (TPSA) is 119 Å². The first-order valence-electron chi connectivity index (χ1n) is 9.85. The summed E-state index contributed by atoms with van der Waals surface area (Å²) in [5, 5.41) is 2.53. The average Bonchev–Trinajstić information content (AvgIpc) is 3.02. The quantitative estimate of drug-likeness (QED) is 0.551. The van der Waals surface area contributed by atoms with Crippen molar-refractivity contribution in [3.05, 3.63) is 29.8 Å². The van der Waals surface area contributed by atoms with Crippen molar-refractivity contribution >= 4 is 35.3 Å². The Labute approximate surface area is 173 Å². The lowest BCUT2D eigenvalue weighted by Crippen LogP contribution is -2.45. The molecule has 0 unspecified atom stereocenters. The smallest absolute Gasteiger partial charge is 0.337 e. The largest absolute Gasteiger partial charge is 0.465 e. The summed E-state index contributed by atoms with van der Waals surface area (Å²) in [6.07, 6.45) is 3.11. The molecule has 3 amide bonds. The summed E-state index contributed by atoms with van der Waals surface area (Å²) < 4.78 is 9.61. The number of methoxy groups -OCH3 is 1. The molecule has 1 heterocycles. The lowest BCUT2D eigenvalue weighted by molar-refractivity contribution is -0.159. The van der Waals surface area contributed by atoms with Crippen LogP contribution in [0.4, 0.5) is 5.69 Å². The maximum atomic E-state index is 12.6.